The Bertz CT molecular complexity index is 497. The molecule has 0 spiro atoms. The summed E-state index contributed by atoms with van der Waals surface area (Å²) in [7, 11) is 0. The van der Waals surface area contributed by atoms with Gasteiger partial charge in [0.15, 0.2) is 0 Å². The van der Waals surface area contributed by atoms with Crippen molar-refractivity contribution in [3.8, 4) is 5.75 Å². The maximum Gasteiger partial charge on any atom is 0.336 e. The molecular weight excluding hydrogens is 291 g/mol. The first-order valence-electron chi connectivity index (χ1n) is 5.54. The third-order valence-corrected chi connectivity index (χ3v) is 2.44. The van der Waals surface area contributed by atoms with Crippen LogP contribution in [0.4, 0.5) is 0 Å². The van der Waals surface area contributed by atoms with Crippen molar-refractivity contribution >= 4 is 35.1 Å². The predicted molar refractivity (Wildman–Crippen MR) is 72.5 cm³/mol. The molecule has 6 heteroatoms. The van der Waals surface area contributed by atoms with E-state index in [1.807, 2.05) is 6.92 Å². The number of halogens is 2. The lowest BCUT2D eigenvalue weighted by Gasteiger charge is -2.03. The molecule has 0 aliphatic carbocycles. The topological polar surface area (TPSA) is 52.6 Å². The molecule has 0 fully saturated rings. The van der Waals surface area contributed by atoms with Crippen LogP contribution in [0.1, 0.15) is 13.3 Å². The van der Waals surface area contributed by atoms with Gasteiger partial charge in [0, 0.05) is 17.2 Å². The molecule has 1 aromatic carbocycles. The van der Waals surface area contributed by atoms with Gasteiger partial charge < -0.3 is 9.47 Å². The second kappa shape index (κ2) is 7.81. The van der Waals surface area contributed by atoms with E-state index >= 15 is 0 Å². The van der Waals surface area contributed by atoms with Crippen molar-refractivity contribution in [2.45, 2.75) is 13.3 Å². The molecular formula is C13H12Cl2O4. The molecule has 0 atom stereocenters. The van der Waals surface area contributed by atoms with Crippen molar-refractivity contribution in [1.29, 1.82) is 0 Å². The molecule has 4 nitrogen and oxygen atoms in total. The second-order valence-corrected chi connectivity index (χ2v) is 4.34. The highest BCUT2D eigenvalue weighted by Gasteiger charge is 2.07. The number of benzene rings is 1. The quantitative estimate of drug-likeness (QED) is 0.475. The number of esters is 2. The van der Waals surface area contributed by atoms with E-state index in [1.54, 1.807) is 0 Å². The van der Waals surface area contributed by atoms with Gasteiger partial charge in [0.25, 0.3) is 0 Å². The Labute approximate surface area is 120 Å². The molecule has 19 heavy (non-hydrogen) atoms. The van der Waals surface area contributed by atoms with Gasteiger partial charge in [0.1, 0.15) is 5.75 Å². The number of ether oxygens (including phenoxy) is 2. The Balaban J connectivity index is 2.55. The zero-order chi connectivity index (χ0) is 14.3. The normalized spacial score (nSPS) is 10.5. The van der Waals surface area contributed by atoms with Gasteiger partial charge in [-0.05, 0) is 24.6 Å². The summed E-state index contributed by atoms with van der Waals surface area (Å²) in [6.45, 7) is 2.18. The van der Waals surface area contributed by atoms with Crippen molar-refractivity contribution in [2.75, 3.05) is 6.61 Å². The first-order chi connectivity index (χ1) is 9.02. The molecule has 0 aliphatic rings. The summed E-state index contributed by atoms with van der Waals surface area (Å²) >= 11 is 11.5. The number of hydrogen-bond donors (Lipinski definition) is 0. The molecule has 0 N–H and O–H groups in total. The zero-order valence-electron chi connectivity index (χ0n) is 10.2. The molecule has 0 radical (unpaired) electrons. The zero-order valence-corrected chi connectivity index (χ0v) is 11.7. The van der Waals surface area contributed by atoms with Crippen molar-refractivity contribution in [2.24, 2.45) is 0 Å². The van der Waals surface area contributed by atoms with Crippen LogP contribution in [-0.4, -0.2) is 18.5 Å². The minimum atomic E-state index is -0.724. The van der Waals surface area contributed by atoms with Crippen LogP contribution in [0, 0.1) is 0 Å². The average Bonchev–Trinajstić information content (AvgIpc) is 2.37. The molecule has 0 bridgehead atoms. The smallest absolute Gasteiger partial charge is 0.336 e. The van der Waals surface area contributed by atoms with Gasteiger partial charge in [-0.15, -0.1) is 0 Å². The maximum absolute atomic E-state index is 11.4. The van der Waals surface area contributed by atoms with Crippen LogP contribution >= 0.6 is 23.2 Å². The minimum Gasteiger partial charge on any atom is -0.463 e. The van der Waals surface area contributed by atoms with Crippen LogP contribution in [0.2, 0.25) is 10.0 Å². The predicted octanol–water partition coefficient (Wildman–Crippen LogP) is 3.41. The minimum absolute atomic E-state index is 0.169. The van der Waals surface area contributed by atoms with E-state index in [1.165, 1.54) is 18.2 Å². The van der Waals surface area contributed by atoms with Crippen molar-refractivity contribution in [3.05, 3.63) is 40.4 Å². The largest absolute Gasteiger partial charge is 0.463 e. The number of carbonyl (C=O) groups excluding carboxylic acids is 2. The summed E-state index contributed by atoms with van der Waals surface area (Å²) in [6.07, 6.45) is 2.69. The van der Waals surface area contributed by atoms with Crippen LogP contribution in [0.15, 0.2) is 30.4 Å². The first kappa shape index (κ1) is 15.5. The Morgan fingerprint density at radius 1 is 1.21 bits per heavy atom. The fraction of sp³-hybridized carbons (Fsp3) is 0.231. The summed E-state index contributed by atoms with van der Waals surface area (Å²) in [5, 5.41) is 0.645. The summed E-state index contributed by atoms with van der Waals surface area (Å²) in [5.41, 5.74) is 0. The van der Waals surface area contributed by atoms with E-state index in [-0.39, 0.29) is 10.8 Å². The van der Waals surface area contributed by atoms with Crippen molar-refractivity contribution in [3.63, 3.8) is 0 Å². The number of rotatable bonds is 5. The van der Waals surface area contributed by atoms with Crippen LogP contribution < -0.4 is 4.74 Å². The lowest BCUT2D eigenvalue weighted by Crippen LogP contribution is -2.07. The molecule has 0 aromatic heterocycles. The SMILES string of the molecule is CCCOC(=O)/C=C/C(=O)Oc1ccc(Cl)cc1Cl. The summed E-state index contributed by atoms with van der Waals surface area (Å²) in [4.78, 5) is 22.5. The van der Waals surface area contributed by atoms with Gasteiger partial charge >= 0.3 is 11.9 Å². The summed E-state index contributed by atoms with van der Waals surface area (Å²) in [6, 6.07) is 4.45. The molecule has 102 valence electrons. The van der Waals surface area contributed by atoms with E-state index in [4.69, 9.17) is 32.7 Å². The Hall–Kier alpha value is -1.52. The standard InChI is InChI=1S/C13H12Cl2O4/c1-2-7-18-12(16)5-6-13(17)19-11-4-3-9(14)8-10(11)15/h3-6,8H,2,7H2,1H3/b6-5+. The second-order valence-electron chi connectivity index (χ2n) is 3.50. The van der Waals surface area contributed by atoms with E-state index in [0.29, 0.717) is 18.1 Å². The van der Waals surface area contributed by atoms with Crippen LogP contribution in [0.25, 0.3) is 0 Å². The highest BCUT2D eigenvalue weighted by Crippen LogP contribution is 2.27. The third-order valence-electron chi connectivity index (χ3n) is 1.91. The highest BCUT2D eigenvalue weighted by atomic mass is 35.5. The Morgan fingerprint density at radius 2 is 1.89 bits per heavy atom. The van der Waals surface area contributed by atoms with Gasteiger partial charge in [-0.25, -0.2) is 9.59 Å². The lowest BCUT2D eigenvalue weighted by molar-refractivity contribution is -0.138. The molecule has 1 rings (SSSR count). The van der Waals surface area contributed by atoms with Crippen molar-refractivity contribution < 1.29 is 19.1 Å². The van der Waals surface area contributed by atoms with E-state index in [9.17, 15) is 9.59 Å². The monoisotopic (exact) mass is 302 g/mol. The molecule has 0 saturated heterocycles. The van der Waals surface area contributed by atoms with Gasteiger partial charge in [-0.2, -0.15) is 0 Å². The average molecular weight is 303 g/mol. The number of hydrogen-bond acceptors (Lipinski definition) is 4. The lowest BCUT2D eigenvalue weighted by atomic mass is 10.3. The van der Waals surface area contributed by atoms with Gasteiger partial charge in [-0.1, -0.05) is 30.1 Å². The molecule has 1 aromatic rings. The first-order valence-corrected chi connectivity index (χ1v) is 6.30. The van der Waals surface area contributed by atoms with E-state index in [2.05, 4.69) is 0 Å². The van der Waals surface area contributed by atoms with Gasteiger partial charge in [0.05, 0.1) is 11.6 Å². The Morgan fingerprint density at radius 3 is 2.53 bits per heavy atom. The molecule has 0 saturated carbocycles. The summed E-state index contributed by atoms with van der Waals surface area (Å²) < 4.78 is 9.69. The molecule has 0 heterocycles. The maximum atomic E-state index is 11.4. The summed E-state index contributed by atoms with van der Waals surface area (Å²) in [5.74, 6) is -1.15. The van der Waals surface area contributed by atoms with Crippen LogP contribution in [0.5, 0.6) is 5.75 Å². The Kier molecular flexibility index (Phi) is 6.39. The van der Waals surface area contributed by atoms with Crippen molar-refractivity contribution in [1.82, 2.24) is 0 Å². The fourth-order valence-electron chi connectivity index (χ4n) is 1.09. The number of carbonyl (C=O) groups is 2. The third kappa shape index (κ3) is 5.77. The fourth-order valence-corrected chi connectivity index (χ4v) is 1.53. The molecule has 0 aliphatic heterocycles. The van der Waals surface area contributed by atoms with Gasteiger partial charge in [0.2, 0.25) is 0 Å². The molecule has 0 unspecified atom stereocenters. The molecule has 0 amide bonds. The highest BCUT2D eigenvalue weighted by molar-refractivity contribution is 6.35. The van der Waals surface area contributed by atoms with Crippen LogP contribution in [-0.2, 0) is 14.3 Å². The van der Waals surface area contributed by atoms with E-state index in [0.717, 1.165) is 12.2 Å². The van der Waals surface area contributed by atoms with E-state index < -0.39 is 11.9 Å². The van der Waals surface area contributed by atoms with Crippen LogP contribution in [0.3, 0.4) is 0 Å². The van der Waals surface area contributed by atoms with Gasteiger partial charge in [-0.3, -0.25) is 0 Å².